The van der Waals surface area contributed by atoms with Gasteiger partial charge in [-0.15, -0.1) is 0 Å². The molecule has 3 heterocycles. The molecule has 0 saturated heterocycles. The number of nitrogens with one attached hydrogen (secondary N) is 2. The van der Waals surface area contributed by atoms with Crippen LogP contribution in [0.1, 0.15) is 16.2 Å². The lowest BCUT2D eigenvalue weighted by Gasteiger charge is -2.13. The number of hydrazine groups is 1. The molecule has 0 unspecified atom stereocenters. The van der Waals surface area contributed by atoms with Crippen LogP contribution in [0.25, 0.3) is 10.9 Å². The van der Waals surface area contributed by atoms with E-state index in [9.17, 15) is 4.79 Å². The summed E-state index contributed by atoms with van der Waals surface area (Å²) >= 11 is 0. The van der Waals surface area contributed by atoms with Crippen LogP contribution in [0, 0.1) is 6.92 Å². The first kappa shape index (κ1) is 17.3. The summed E-state index contributed by atoms with van der Waals surface area (Å²) in [6.45, 7) is 1.90. The second kappa shape index (κ2) is 7.23. The third-order valence-corrected chi connectivity index (χ3v) is 3.92. The van der Waals surface area contributed by atoms with Gasteiger partial charge in [-0.3, -0.25) is 15.6 Å². The molecule has 9 heteroatoms. The van der Waals surface area contributed by atoms with Crippen LogP contribution in [-0.2, 0) is 0 Å². The number of benzene rings is 1. The van der Waals surface area contributed by atoms with Gasteiger partial charge in [0.25, 0.3) is 0 Å². The molecule has 4 rings (SSSR count). The van der Waals surface area contributed by atoms with Gasteiger partial charge in [-0.25, -0.2) is 9.97 Å². The van der Waals surface area contributed by atoms with Crippen LogP contribution in [0.2, 0.25) is 0 Å². The number of nitrogen functional groups attached to an aromatic ring is 1. The van der Waals surface area contributed by atoms with Crippen molar-refractivity contribution in [1.29, 1.82) is 0 Å². The number of carbonyl (C=O) groups is 1. The molecular formula is C19H16N6O3. The first-order valence-electron chi connectivity index (χ1n) is 8.36. The second-order valence-electron chi connectivity index (χ2n) is 5.88. The number of aromatic nitrogens is 3. The standard InChI is InChI=1S/C19H16N6O3/c1-11-7-8-12-4-2-5-13(16(12)23-11)28-19-15(20)17(21-10-22-19)24-25-18(26)14-6-3-9-27-14/h2-10H,20H2,1H3,(H,25,26)(H,21,22,24). The van der Waals surface area contributed by atoms with Gasteiger partial charge in [0.2, 0.25) is 5.88 Å². The molecule has 0 fully saturated rings. The molecule has 0 bridgehead atoms. The molecule has 0 aliphatic heterocycles. The first-order valence-corrected chi connectivity index (χ1v) is 8.36. The number of fused-ring (bicyclic) bond motifs is 1. The molecule has 0 atom stereocenters. The summed E-state index contributed by atoms with van der Waals surface area (Å²) < 4.78 is 10.9. The van der Waals surface area contributed by atoms with Gasteiger partial charge in [0.1, 0.15) is 17.5 Å². The van der Waals surface area contributed by atoms with Crippen LogP contribution in [0.4, 0.5) is 11.5 Å². The summed E-state index contributed by atoms with van der Waals surface area (Å²) in [4.78, 5) is 24.6. The number of carbonyl (C=O) groups excluding carboxylic acids is 1. The first-order chi connectivity index (χ1) is 13.6. The number of rotatable bonds is 5. The number of para-hydroxylation sites is 1. The maximum Gasteiger partial charge on any atom is 0.305 e. The van der Waals surface area contributed by atoms with Gasteiger partial charge in [0.05, 0.1) is 6.26 Å². The Morgan fingerprint density at radius 2 is 2.04 bits per heavy atom. The minimum Gasteiger partial charge on any atom is -0.459 e. The molecule has 1 aromatic carbocycles. The summed E-state index contributed by atoms with van der Waals surface area (Å²) in [6.07, 6.45) is 2.68. The lowest BCUT2D eigenvalue weighted by atomic mass is 10.2. The van der Waals surface area contributed by atoms with E-state index in [2.05, 4.69) is 25.8 Å². The fraction of sp³-hybridized carbons (Fsp3) is 0.0526. The lowest BCUT2D eigenvalue weighted by molar-refractivity contribution is 0.0935. The molecule has 0 saturated carbocycles. The van der Waals surface area contributed by atoms with Gasteiger partial charge >= 0.3 is 5.91 Å². The van der Waals surface area contributed by atoms with Gasteiger partial charge in [-0.05, 0) is 31.2 Å². The lowest BCUT2D eigenvalue weighted by Crippen LogP contribution is -2.30. The number of hydrogen-bond acceptors (Lipinski definition) is 8. The zero-order valence-corrected chi connectivity index (χ0v) is 14.8. The van der Waals surface area contributed by atoms with E-state index in [1.54, 1.807) is 12.1 Å². The van der Waals surface area contributed by atoms with E-state index in [1.807, 2.05) is 31.2 Å². The third kappa shape index (κ3) is 3.40. The van der Waals surface area contributed by atoms with Crippen LogP contribution in [0.15, 0.2) is 59.5 Å². The van der Waals surface area contributed by atoms with Crippen molar-refractivity contribution in [2.75, 3.05) is 11.2 Å². The highest BCUT2D eigenvalue weighted by molar-refractivity contribution is 5.92. The van der Waals surface area contributed by atoms with E-state index in [0.29, 0.717) is 11.3 Å². The highest BCUT2D eigenvalue weighted by Gasteiger charge is 2.14. The number of hydrogen-bond donors (Lipinski definition) is 3. The van der Waals surface area contributed by atoms with Gasteiger partial charge in [-0.2, -0.15) is 4.98 Å². The molecule has 4 N–H and O–H groups in total. The van der Waals surface area contributed by atoms with Gasteiger partial charge in [-0.1, -0.05) is 18.2 Å². The zero-order chi connectivity index (χ0) is 19.5. The van der Waals surface area contributed by atoms with Crippen LogP contribution in [-0.4, -0.2) is 20.9 Å². The van der Waals surface area contributed by atoms with E-state index in [4.69, 9.17) is 14.9 Å². The van der Waals surface area contributed by atoms with Gasteiger partial charge in [0, 0.05) is 11.1 Å². The Morgan fingerprint density at radius 3 is 2.86 bits per heavy atom. The summed E-state index contributed by atoms with van der Waals surface area (Å²) in [5.74, 6) is 0.514. The smallest absolute Gasteiger partial charge is 0.305 e. The number of aryl methyl sites for hydroxylation is 1. The molecule has 0 spiro atoms. The van der Waals surface area contributed by atoms with Crippen molar-refractivity contribution in [2.24, 2.45) is 0 Å². The summed E-state index contributed by atoms with van der Waals surface area (Å²) in [6, 6.07) is 12.6. The van der Waals surface area contributed by atoms with Crippen LogP contribution < -0.4 is 21.3 Å². The average Bonchev–Trinajstić information content (AvgIpc) is 3.24. The Bertz CT molecular complexity index is 1140. The van der Waals surface area contributed by atoms with Crippen LogP contribution >= 0.6 is 0 Å². The molecule has 0 aliphatic rings. The zero-order valence-electron chi connectivity index (χ0n) is 14.8. The van der Waals surface area contributed by atoms with Crippen molar-refractivity contribution in [2.45, 2.75) is 6.92 Å². The highest BCUT2D eigenvalue weighted by atomic mass is 16.5. The molecule has 0 aliphatic carbocycles. The van der Waals surface area contributed by atoms with E-state index >= 15 is 0 Å². The van der Waals surface area contributed by atoms with E-state index < -0.39 is 5.91 Å². The summed E-state index contributed by atoms with van der Waals surface area (Å²) in [5.41, 5.74) is 12.9. The minimum absolute atomic E-state index is 0.131. The normalized spacial score (nSPS) is 10.6. The topological polar surface area (TPSA) is 128 Å². The quantitative estimate of drug-likeness (QED) is 0.453. The van der Waals surface area contributed by atoms with Crippen molar-refractivity contribution in [3.63, 3.8) is 0 Å². The number of anilines is 2. The van der Waals surface area contributed by atoms with E-state index in [0.717, 1.165) is 11.1 Å². The van der Waals surface area contributed by atoms with Crippen molar-refractivity contribution in [3.05, 3.63) is 66.5 Å². The maximum atomic E-state index is 12.0. The highest BCUT2D eigenvalue weighted by Crippen LogP contribution is 2.32. The Kier molecular flexibility index (Phi) is 4.47. The predicted molar refractivity (Wildman–Crippen MR) is 103 cm³/mol. The molecule has 28 heavy (non-hydrogen) atoms. The number of furan rings is 1. The van der Waals surface area contributed by atoms with Gasteiger partial charge in [0.15, 0.2) is 17.3 Å². The van der Waals surface area contributed by atoms with Crippen molar-refractivity contribution in [3.8, 4) is 11.6 Å². The van der Waals surface area contributed by atoms with Gasteiger partial charge < -0.3 is 14.9 Å². The second-order valence-corrected chi connectivity index (χ2v) is 5.88. The number of ether oxygens (including phenoxy) is 1. The van der Waals surface area contributed by atoms with E-state index in [1.165, 1.54) is 18.7 Å². The molecular weight excluding hydrogens is 360 g/mol. The molecule has 3 aromatic heterocycles. The van der Waals surface area contributed by atoms with Crippen LogP contribution in [0.5, 0.6) is 11.6 Å². The fourth-order valence-electron chi connectivity index (χ4n) is 2.55. The van der Waals surface area contributed by atoms with Crippen molar-refractivity contribution in [1.82, 2.24) is 20.4 Å². The Labute approximate surface area is 159 Å². The Hall–Kier alpha value is -4.14. The Balaban J connectivity index is 1.57. The monoisotopic (exact) mass is 376 g/mol. The van der Waals surface area contributed by atoms with E-state index in [-0.39, 0.29) is 23.1 Å². The average molecular weight is 376 g/mol. The summed E-state index contributed by atoms with van der Waals surface area (Å²) in [5, 5.41) is 0.930. The summed E-state index contributed by atoms with van der Waals surface area (Å²) in [7, 11) is 0. The molecule has 0 radical (unpaired) electrons. The number of nitrogens with zero attached hydrogens (tertiary/aromatic N) is 3. The maximum absolute atomic E-state index is 12.0. The SMILES string of the molecule is Cc1ccc2cccc(Oc3ncnc(NNC(=O)c4ccco4)c3N)c2n1. The largest absolute Gasteiger partial charge is 0.459 e. The molecule has 140 valence electrons. The number of pyridine rings is 1. The predicted octanol–water partition coefficient (Wildman–Crippen LogP) is 3.06. The van der Waals surface area contributed by atoms with Crippen LogP contribution in [0.3, 0.4) is 0 Å². The number of nitrogens with two attached hydrogens (primary N) is 1. The van der Waals surface area contributed by atoms with Crippen molar-refractivity contribution >= 4 is 28.3 Å². The number of amides is 1. The third-order valence-electron chi connectivity index (χ3n) is 3.92. The minimum atomic E-state index is -0.473. The Morgan fingerprint density at radius 1 is 1.14 bits per heavy atom. The van der Waals surface area contributed by atoms with Crippen molar-refractivity contribution < 1.29 is 13.9 Å². The molecule has 9 nitrogen and oxygen atoms in total. The molecule has 4 aromatic rings. The fourth-order valence-corrected chi connectivity index (χ4v) is 2.55. The molecule has 1 amide bonds.